The van der Waals surface area contributed by atoms with Crippen LogP contribution in [0.3, 0.4) is 0 Å². The van der Waals surface area contributed by atoms with E-state index in [1.54, 1.807) is 0 Å². The summed E-state index contributed by atoms with van der Waals surface area (Å²) >= 11 is 0. The maximum absolute atomic E-state index is 13.1. The first-order valence-corrected chi connectivity index (χ1v) is 12.1. The lowest BCUT2D eigenvalue weighted by Crippen LogP contribution is -2.76. The van der Waals surface area contributed by atoms with Crippen molar-refractivity contribution in [2.24, 2.45) is 5.92 Å². The molecule has 31 heavy (non-hydrogen) atoms. The van der Waals surface area contributed by atoms with E-state index in [0.29, 0.717) is 17.8 Å². The number of H-pyrrole nitrogens is 1. The molecule has 1 saturated carbocycles. The molecule has 3 aliphatic heterocycles. The fourth-order valence-corrected chi connectivity index (χ4v) is 5.93. The van der Waals surface area contributed by atoms with Gasteiger partial charge in [0.1, 0.15) is 5.69 Å². The number of hydrogen-bond donors (Lipinski definition) is 1. The molecule has 1 amide bonds. The highest BCUT2D eigenvalue weighted by molar-refractivity contribution is 5.98. The van der Waals surface area contributed by atoms with Crippen LogP contribution in [-0.4, -0.2) is 77.8 Å². The molecule has 1 atom stereocenters. The van der Waals surface area contributed by atoms with Gasteiger partial charge in [-0.3, -0.25) is 9.69 Å². The van der Waals surface area contributed by atoms with Gasteiger partial charge >= 0.3 is 0 Å². The molecule has 1 unspecified atom stereocenters. The number of nitrogens with one attached hydrogen (secondary N) is 1. The second kappa shape index (κ2) is 7.91. The number of nitrogens with zero attached hydrogens (tertiary/aromatic N) is 2. The number of aromatic nitrogens is 1. The van der Waals surface area contributed by atoms with Gasteiger partial charge in [-0.05, 0) is 56.6 Å². The van der Waals surface area contributed by atoms with Crippen molar-refractivity contribution in [2.75, 3.05) is 39.5 Å². The maximum Gasteiger partial charge on any atom is 0.270 e. The van der Waals surface area contributed by atoms with Crippen LogP contribution in [0.5, 0.6) is 0 Å². The summed E-state index contributed by atoms with van der Waals surface area (Å²) in [4.78, 5) is 21.1. The second-order valence-electron chi connectivity index (χ2n) is 9.93. The van der Waals surface area contributed by atoms with Crippen LogP contribution in [0.25, 0.3) is 10.9 Å². The molecule has 1 aromatic carbocycles. The Bertz CT molecular complexity index is 905. The summed E-state index contributed by atoms with van der Waals surface area (Å²) in [6, 6.07) is 10.6. The third kappa shape index (κ3) is 3.59. The molecule has 4 fully saturated rings. The molecule has 3 saturated heterocycles. The standard InChI is InChI=1S/C25H33N3O3/c29-24(22-15-19-3-1-2-4-21(19)26-22)27-11-7-20(8-12-27)28-16-23(31-17-18-5-6-18)25(28)9-13-30-14-10-25/h1-4,15,18,20,23,26H,5-14,16-17H2. The number of hydrogen-bond acceptors (Lipinski definition) is 4. The highest BCUT2D eigenvalue weighted by atomic mass is 16.5. The summed E-state index contributed by atoms with van der Waals surface area (Å²) < 4.78 is 12.1. The number of ether oxygens (including phenoxy) is 2. The quantitative estimate of drug-likeness (QED) is 0.801. The van der Waals surface area contributed by atoms with Gasteiger partial charge in [-0.2, -0.15) is 0 Å². The molecule has 1 aromatic heterocycles. The highest BCUT2D eigenvalue weighted by Gasteiger charge is 2.57. The van der Waals surface area contributed by atoms with E-state index in [2.05, 4.69) is 9.88 Å². The second-order valence-corrected chi connectivity index (χ2v) is 9.93. The van der Waals surface area contributed by atoms with Crippen LogP contribution < -0.4 is 0 Å². The van der Waals surface area contributed by atoms with Crippen molar-refractivity contribution in [1.29, 1.82) is 0 Å². The molecule has 6 heteroatoms. The number of carbonyl (C=O) groups is 1. The Morgan fingerprint density at radius 2 is 1.90 bits per heavy atom. The number of likely N-dealkylation sites (tertiary alicyclic amines) is 2. The fourth-order valence-electron chi connectivity index (χ4n) is 5.93. The van der Waals surface area contributed by atoms with Crippen LogP contribution in [0.15, 0.2) is 30.3 Å². The lowest BCUT2D eigenvalue weighted by molar-refractivity contribution is -0.217. The molecule has 0 radical (unpaired) electrons. The van der Waals surface area contributed by atoms with Gasteiger partial charge in [0.05, 0.1) is 11.6 Å². The van der Waals surface area contributed by atoms with E-state index >= 15 is 0 Å². The third-order valence-electron chi connectivity index (χ3n) is 8.08. The van der Waals surface area contributed by atoms with Gasteiger partial charge in [0, 0.05) is 56.4 Å². The number of amides is 1. The summed E-state index contributed by atoms with van der Waals surface area (Å²) in [5.74, 6) is 0.939. The molecule has 4 heterocycles. The van der Waals surface area contributed by atoms with E-state index < -0.39 is 0 Å². The van der Waals surface area contributed by atoms with Crippen molar-refractivity contribution in [1.82, 2.24) is 14.8 Å². The summed E-state index contributed by atoms with van der Waals surface area (Å²) in [5, 5.41) is 1.10. The first-order chi connectivity index (χ1) is 15.2. The van der Waals surface area contributed by atoms with Gasteiger partial charge in [-0.25, -0.2) is 0 Å². The van der Waals surface area contributed by atoms with E-state index in [9.17, 15) is 4.79 Å². The minimum absolute atomic E-state index is 0.129. The van der Waals surface area contributed by atoms with Crippen molar-refractivity contribution >= 4 is 16.8 Å². The van der Waals surface area contributed by atoms with Crippen LogP contribution in [-0.2, 0) is 9.47 Å². The minimum Gasteiger partial charge on any atom is -0.381 e. The average molecular weight is 424 g/mol. The van der Waals surface area contributed by atoms with Crippen LogP contribution in [0.1, 0.15) is 49.0 Å². The number of para-hydroxylation sites is 1. The lowest BCUT2D eigenvalue weighted by Gasteiger charge is -2.63. The molecule has 1 spiro atoms. The van der Waals surface area contributed by atoms with Gasteiger partial charge in [0.25, 0.3) is 5.91 Å². The number of carbonyl (C=O) groups excluding carboxylic acids is 1. The monoisotopic (exact) mass is 423 g/mol. The first kappa shape index (κ1) is 19.8. The van der Waals surface area contributed by atoms with Gasteiger partial charge in [-0.1, -0.05) is 18.2 Å². The van der Waals surface area contributed by atoms with E-state index in [1.807, 2.05) is 35.2 Å². The van der Waals surface area contributed by atoms with Crippen molar-refractivity contribution < 1.29 is 14.3 Å². The summed E-state index contributed by atoms with van der Waals surface area (Å²) in [6.45, 7) is 5.34. The molecular weight excluding hydrogens is 390 g/mol. The predicted molar refractivity (Wildman–Crippen MR) is 119 cm³/mol. The Kier molecular flexibility index (Phi) is 5.04. The van der Waals surface area contributed by atoms with Gasteiger partial charge in [-0.15, -0.1) is 0 Å². The smallest absolute Gasteiger partial charge is 0.270 e. The Balaban J connectivity index is 1.09. The zero-order valence-electron chi connectivity index (χ0n) is 18.2. The number of benzene rings is 1. The summed E-state index contributed by atoms with van der Waals surface area (Å²) in [6.07, 6.45) is 7.30. The molecule has 6 nitrogen and oxygen atoms in total. The van der Waals surface area contributed by atoms with Crippen LogP contribution in [0.2, 0.25) is 0 Å². The lowest BCUT2D eigenvalue weighted by atomic mass is 9.73. The van der Waals surface area contributed by atoms with Crippen molar-refractivity contribution in [3.8, 4) is 0 Å². The first-order valence-electron chi connectivity index (χ1n) is 12.1. The van der Waals surface area contributed by atoms with Gasteiger partial charge in [0.15, 0.2) is 0 Å². The molecule has 2 aromatic rings. The average Bonchev–Trinajstić information content (AvgIpc) is 3.54. The third-order valence-corrected chi connectivity index (χ3v) is 8.08. The molecule has 166 valence electrons. The molecule has 6 rings (SSSR count). The van der Waals surface area contributed by atoms with Crippen molar-refractivity contribution in [2.45, 2.75) is 56.2 Å². The van der Waals surface area contributed by atoms with Crippen LogP contribution >= 0.6 is 0 Å². The zero-order valence-corrected chi connectivity index (χ0v) is 18.2. The summed E-state index contributed by atoms with van der Waals surface area (Å²) in [7, 11) is 0. The van der Waals surface area contributed by atoms with E-state index in [0.717, 1.165) is 82.0 Å². The Labute approximate surface area is 183 Å². The molecular formula is C25H33N3O3. The maximum atomic E-state index is 13.1. The Hall–Kier alpha value is -1.89. The normalized spacial score (nSPS) is 27.0. The predicted octanol–water partition coefficient (Wildman–Crippen LogP) is 3.43. The Morgan fingerprint density at radius 1 is 1.13 bits per heavy atom. The number of fused-ring (bicyclic) bond motifs is 1. The Morgan fingerprint density at radius 3 is 2.65 bits per heavy atom. The molecule has 1 N–H and O–H groups in total. The number of rotatable bonds is 5. The van der Waals surface area contributed by atoms with E-state index in [4.69, 9.17) is 9.47 Å². The number of piperidine rings is 1. The SMILES string of the molecule is O=C(c1cc2ccccc2[nH]1)N1CCC(N2CC(OCC3CC3)C23CCOCC3)CC1. The molecule has 1 aliphatic carbocycles. The fraction of sp³-hybridized carbons (Fsp3) is 0.640. The zero-order chi connectivity index (χ0) is 20.8. The van der Waals surface area contributed by atoms with Gasteiger partial charge in [0.2, 0.25) is 0 Å². The summed E-state index contributed by atoms with van der Waals surface area (Å²) in [5.41, 5.74) is 1.90. The molecule has 4 aliphatic rings. The highest BCUT2D eigenvalue weighted by Crippen LogP contribution is 2.45. The van der Waals surface area contributed by atoms with Crippen LogP contribution in [0.4, 0.5) is 0 Å². The minimum atomic E-state index is 0.129. The van der Waals surface area contributed by atoms with Crippen LogP contribution in [0, 0.1) is 5.92 Å². The van der Waals surface area contributed by atoms with E-state index in [-0.39, 0.29) is 11.4 Å². The largest absolute Gasteiger partial charge is 0.381 e. The van der Waals surface area contributed by atoms with Crippen molar-refractivity contribution in [3.05, 3.63) is 36.0 Å². The van der Waals surface area contributed by atoms with Gasteiger partial charge < -0.3 is 19.4 Å². The molecule has 0 bridgehead atoms. The van der Waals surface area contributed by atoms with E-state index in [1.165, 1.54) is 12.8 Å². The number of aromatic amines is 1. The topological polar surface area (TPSA) is 57.8 Å². The van der Waals surface area contributed by atoms with Crippen molar-refractivity contribution in [3.63, 3.8) is 0 Å².